The van der Waals surface area contributed by atoms with Crippen LogP contribution in [-0.4, -0.2) is 20.2 Å². The van der Waals surface area contributed by atoms with Crippen molar-refractivity contribution in [2.75, 3.05) is 0 Å². The highest BCUT2D eigenvalue weighted by molar-refractivity contribution is 5.66. The van der Waals surface area contributed by atoms with Crippen LogP contribution in [0.15, 0.2) is 60.9 Å². The van der Waals surface area contributed by atoms with Crippen molar-refractivity contribution in [3.63, 3.8) is 0 Å². The summed E-state index contributed by atoms with van der Waals surface area (Å²) >= 11 is 0. The van der Waals surface area contributed by atoms with Crippen LogP contribution in [-0.2, 0) is 24.5 Å². The monoisotopic (exact) mass is 504 g/mol. The number of benzene rings is 1. The van der Waals surface area contributed by atoms with Crippen LogP contribution in [0.3, 0.4) is 0 Å². The molecule has 37 heavy (non-hydrogen) atoms. The lowest BCUT2D eigenvalue weighted by molar-refractivity contribution is -0.772. The van der Waals surface area contributed by atoms with Crippen molar-refractivity contribution >= 4 is 0 Å². The minimum absolute atomic E-state index is 0.345. The number of aryl methyl sites for hydroxylation is 2. The molecular formula is C29H34F2N6+2. The highest BCUT2D eigenvalue weighted by Crippen LogP contribution is 2.52. The summed E-state index contributed by atoms with van der Waals surface area (Å²) in [6.45, 7) is 7.28. The van der Waals surface area contributed by atoms with E-state index in [1.807, 2.05) is 43.4 Å². The molecule has 6 nitrogen and oxygen atoms in total. The maximum atomic E-state index is 15.3. The molecule has 0 amide bonds. The van der Waals surface area contributed by atoms with E-state index in [1.54, 1.807) is 10.7 Å². The van der Waals surface area contributed by atoms with Crippen molar-refractivity contribution in [2.24, 2.45) is 7.05 Å². The SMILES string of the molecule is CCCC1(CCC[n+]2ccccc2-c2nnnn2C)[n+]2ccccc2-c2c(F)cc(F)cc2C1(C)CC. The minimum atomic E-state index is -0.521. The summed E-state index contributed by atoms with van der Waals surface area (Å²) in [6.07, 6.45) is 8.47. The smallest absolute Gasteiger partial charge is 0.223 e. The second kappa shape index (κ2) is 9.72. The van der Waals surface area contributed by atoms with E-state index in [-0.39, 0.29) is 5.54 Å². The Kier molecular flexibility index (Phi) is 6.60. The number of tetrazole rings is 1. The molecule has 2 unspecified atom stereocenters. The molecule has 0 aliphatic carbocycles. The van der Waals surface area contributed by atoms with E-state index in [0.29, 0.717) is 11.4 Å². The van der Waals surface area contributed by atoms with Crippen LogP contribution < -0.4 is 9.13 Å². The molecule has 0 saturated heterocycles. The number of halogens is 2. The fourth-order valence-electron chi connectivity index (χ4n) is 6.52. The van der Waals surface area contributed by atoms with E-state index in [9.17, 15) is 4.39 Å². The molecule has 0 saturated carbocycles. The molecular weight excluding hydrogens is 470 g/mol. The molecule has 0 fully saturated rings. The molecule has 192 valence electrons. The highest BCUT2D eigenvalue weighted by atomic mass is 19.1. The largest absolute Gasteiger partial charge is 0.252 e. The number of nitrogens with zero attached hydrogens (tertiary/aromatic N) is 6. The zero-order valence-corrected chi connectivity index (χ0v) is 22.0. The van der Waals surface area contributed by atoms with Gasteiger partial charge < -0.3 is 0 Å². The Bertz CT molecular complexity index is 1430. The Morgan fingerprint density at radius 2 is 1.73 bits per heavy atom. The van der Waals surface area contributed by atoms with Gasteiger partial charge in [-0.25, -0.2) is 13.5 Å². The topological polar surface area (TPSA) is 51.4 Å². The molecule has 0 N–H and O–H groups in total. The number of pyridine rings is 2. The van der Waals surface area contributed by atoms with E-state index in [2.05, 4.69) is 57.8 Å². The zero-order valence-electron chi connectivity index (χ0n) is 22.0. The molecule has 0 spiro atoms. The van der Waals surface area contributed by atoms with Crippen molar-refractivity contribution < 1.29 is 17.9 Å². The van der Waals surface area contributed by atoms with Gasteiger partial charge in [0.05, 0.1) is 11.0 Å². The highest BCUT2D eigenvalue weighted by Gasteiger charge is 2.60. The van der Waals surface area contributed by atoms with Crippen LogP contribution in [0.2, 0.25) is 0 Å². The Balaban J connectivity index is 1.59. The van der Waals surface area contributed by atoms with Crippen LogP contribution in [0.25, 0.3) is 22.8 Å². The second-order valence-corrected chi connectivity index (χ2v) is 10.2. The lowest BCUT2D eigenvalue weighted by atomic mass is 9.58. The molecule has 1 aliphatic rings. The Hall–Kier alpha value is -3.55. The normalized spacial score (nSPS) is 20.5. The van der Waals surface area contributed by atoms with Gasteiger partial charge in [0.2, 0.25) is 11.5 Å². The standard InChI is InChI=1S/C29H34F2N6/c1-5-14-29(15-11-17-36-16-9-7-13-25(36)27-32-33-34-35(27)4)28(3,6-2)22-19-21(30)20-23(31)26(22)24-12-8-10-18-37(24)29/h7-10,12-13,16,18-20H,5-6,11,14-15,17H2,1-4H3/q+2. The third kappa shape index (κ3) is 3.93. The Labute approximate surface area is 216 Å². The predicted octanol–water partition coefficient (Wildman–Crippen LogP) is 5.05. The first-order valence-electron chi connectivity index (χ1n) is 13.1. The van der Waals surface area contributed by atoms with Crippen molar-refractivity contribution in [3.8, 4) is 22.8 Å². The molecule has 0 bridgehead atoms. The van der Waals surface area contributed by atoms with Crippen molar-refractivity contribution in [1.82, 2.24) is 20.2 Å². The van der Waals surface area contributed by atoms with Crippen LogP contribution in [0.4, 0.5) is 8.78 Å². The number of hydrogen-bond donors (Lipinski definition) is 0. The molecule has 8 heteroatoms. The van der Waals surface area contributed by atoms with Crippen molar-refractivity contribution in [2.45, 2.75) is 70.4 Å². The lowest BCUT2D eigenvalue weighted by Crippen LogP contribution is -2.69. The maximum Gasteiger partial charge on any atom is 0.252 e. The average molecular weight is 505 g/mol. The Morgan fingerprint density at radius 1 is 0.973 bits per heavy atom. The van der Waals surface area contributed by atoms with Crippen LogP contribution in [0.1, 0.15) is 58.4 Å². The fraction of sp³-hybridized carbons (Fsp3) is 0.414. The van der Waals surface area contributed by atoms with Crippen molar-refractivity contribution in [1.29, 1.82) is 0 Å². The quantitative estimate of drug-likeness (QED) is 0.316. The summed E-state index contributed by atoms with van der Waals surface area (Å²) in [5, 5.41) is 12.0. The van der Waals surface area contributed by atoms with E-state index >= 15 is 4.39 Å². The van der Waals surface area contributed by atoms with Crippen molar-refractivity contribution in [3.05, 3.63) is 78.1 Å². The molecule has 5 rings (SSSR count). The minimum Gasteiger partial charge on any atom is -0.223 e. The molecule has 4 heterocycles. The van der Waals surface area contributed by atoms with Gasteiger partial charge in [0.1, 0.15) is 18.2 Å². The summed E-state index contributed by atoms with van der Waals surface area (Å²) in [7, 11) is 1.83. The average Bonchev–Trinajstić information content (AvgIpc) is 3.32. The molecule has 3 aromatic heterocycles. The first-order chi connectivity index (χ1) is 17.9. The first kappa shape index (κ1) is 25.1. The van der Waals surface area contributed by atoms with Crippen LogP contribution in [0, 0.1) is 11.6 Å². The molecule has 1 aromatic carbocycles. The summed E-state index contributed by atoms with van der Waals surface area (Å²) in [6, 6.07) is 14.5. The number of fused-ring (bicyclic) bond motifs is 3. The van der Waals surface area contributed by atoms with E-state index < -0.39 is 17.0 Å². The molecule has 2 atom stereocenters. The van der Waals surface area contributed by atoms with Gasteiger partial charge in [-0.3, -0.25) is 0 Å². The summed E-state index contributed by atoms with van der Waals surface area (Å²) in [5.74, 6) is -0.312. The van der Waals surface area contributed by atoms with Gasteiger partial charge in [0.25, 0.3) is 5.69 Å². The predicted molar refractivity (Wildman–Crippen MR) is 136 cm³/mol. The number of hydrogen-bond acceptors (Lipinski definition) is 3. The second-order valence-electron chi connectivity index (χ2n) is 10.2. The zero-order chi connectivity index (χ0) is 26.2. The van der Waals surface area contributed by atoms with E-state index in [4.69, 9.17) is 0 Å². The molecule has 1 aliphatic heterocycles. The third-order valence-corrected chi connectivity index (χ3v) is 8.40. The first-order valence-corrected chi connectivity index (χ1v) is 13.1. The van der Waals surface area contributed by atoms with Crippen LogP contribution >= 0.6 is 0 Å². The van der Waals surface area contributed by atoms with Gasteiger partial charge in [-0.1, -0.05) is 13.8 Å². The molecule has 4 aromatic rings. The number of rotatable bonds is 8. The van der Waals surface area contributed by atoms with Gasteiger partial charge in [0, 0.05) is 56.6 Å². The van der Waals surface area contributed by atoms with Crippen LogP contribution in [0.5, 0.6) is 0 Å². The van der Waals surface area contributed by atoms with E-state index in [0.717, 1.165) is 61.7 Å². The third-order valence-electron chi connectivity index (χ3n) is 8.40. The van der Waals surface area contributed by atoms with Gasteiger partial charge in [-0.2, -0.15) is 9.13 Å². The van der Waals surface area contributed by atoms with Gasteiger partial charge >= 0.3 is 0 Å². The lowest BCUT2D eigenvalue weighted by Gasteiger charge is -2.48. The Morgan fingerprint density at radius 3 is 2.43 bits per heavy atom. The van der Waals surface area contributed by atoms with Gasteiger partial charge in [-0.05, 0) is 54.0 Å². The van der Waals surface area contributed by atoms with Gasteiger partial charge in [0.15, 0.2) is 17.9 Å². The molecule has 0 radical (unpaired) electrons. The maximum absolute atomic E-state index is 15.3. The summed E-state index contributed by atoms with van der Waals surface area (Å²) < 4.78 is 36.1. The van der Waals surface area contributed by atoms with Gasteiger partial charge in [-0.15, -0.1) is 5.10 Å². The summed E-state index contributed by atoms with van der Waals surface area (Å²) in [4.78, 5) is 0. The number of aromatic nitrogens is 6. The van der Waals surface area contributed by atoms with E-state index in [1.165, 1.54) is 0 Å². The fourth-order valence-corrected chi connectivity index (χ4v) is 6.52. The summed E-state index contributed by atoms with van der Waals surface area (Å²) in [5.41, 5.74) is 2.25.